The largest absolute Gasteiger partial charge is 2.00 e. The molecule has 0 atom stereocenters. The van der Waals surface area contributed by atoms with Crippen molar-refractivity contribution >= 4 is 79.5 Å². The average Bonchev–Trinajstić information content (AvgIpc) is 2.95. The van der Waals surface area contributed by atoms with Crippen molar-refractivity contribution < 1.29 is 25.9 Å². The van der Waals surface area contributed by atoms with E-state index in [9.17, 15) is 25.9 Å². The Morgan fingerprint density at radius 2 is 0.791 bits per heavy atom. The van der Waals surface area contributed by atoms with Crippen LogP contribution < -0.4 is 0 Å². The Labute approximate surface area is 287 Å². The number of benzene rings is 4. The van der Waals surface area contributed by atoms with Crippen LogP contribution in [0, 0.1) is 0 Å². The van der Waals surface area contributed by atoms with Gasteiger partial charge in [-0.15, -0.1) is 0 Å². The molecule has 0 heterocycles. The van der Waals surface area contributed by atoms with Gasteiger partial charge in [-0.25, -0.2) is 16.8 Å². The van der Waals surface area contributed by atoms with Gasteiger partial charge in [-0.2, -0.15) is 0 Å². The Hall–Kier alpha value is -1.52. The number of fused-ring (bicyclic) bond motifs is 2. The molecule has 9 heteroatoms. The first-order chi connectivity index (χ1) is 20.0. The second-order valence-corrected chi connectivity index (χ2v) is 13.5. The van der Waals surface area contributed by atoms with Crippen LogP contribution in [0.1, 0.15) is 89.2 Å². The molecule has 228 valence electrons. The molecule has 43 heavy (non-hydrogen) atoms. The van der Waals surface area contributed by atoms with Gasteiger partial charge in [-0.05, 0) is 82.6 Å². The summed E-state index contributed by atoms with van der Waals surface area (Å²) in [5.74, 6) is 0. The van der Waals surface area contributed by atoms with Gasteiger partial charge in [0.25, 0.3) is 0 Å². The Bertz CT molecular complexity index is 1540. The van der Waals surface area contributed by atoms with Crippen LogP contribution in [0.25, 0.3) is 21.5 Å². The van der Waals surface area contributed by atoms with Crippen molar-refractivity contribution in [3.63, 3.8) is 0 Å². The zero-order valence-corrected chi connectivity index (χ0v) is 29.2. The summed E-state index contributed by atoms with van der Waals surface area (Å²) in [7, 11) is -8.84. The van der Waals surface area contributed by atoms with Crippen molar-refractivity contribution in [1.82, 2.24) is 0 Å². The molecule has 0 aromatic heterocycles. The van der Waals surface area contributed by atoms with Gasteiger partial charge in [0.05, 0.1) is 9.79 Å². The third-order valence-corrected chi connectivity index (χ3v) is 9.33. The van der Waals surface area contributed by atoms with Gasteiger partial charge in [-0.3, -0.25) is 0 Å². The maximum Gasteiger partial charge on any atom is 2.00 e. The number of hydrogen-bond donors (Lipinski definition) is 0. The topological polar surface area (TPSA) is 114 Å². The number of hydrogen-bond acceptors (Lipinski definition) is 6. The summed E-state index contributed by atoms with van der Waals surface area (Å²) in [5, 5.41) is 3.55. The van der Waals surface area contributed by atoms with Crippen molar-refractivity contribution in [1.29, 1.82) is 0 Å². The first-order valence-corrected chi connectivity index (χ1v) is 17.8. The third-order valence-electron chi connectivity index (χ3n) is 7.50. The minimum absolute atomic E-state index is 0. The van der Waals surface area contributed by atoms with Gasteiger partial charge in [0.2, 0.25) is 0 Å². The van der Waals surface area contributed by atoms with E-state index in [1.165, 1.54) is 37.8 Å². The quantitative estimate of drug-likeness (QED) is 0.0773. The van der Waals surface area contributed by atoms with Crippen LogP contribution in [-0.2, 0) is 33.1 Å². The molecule has 0 spiro atoms. The SMILES string of the molecule is CCCCCCCc1cc2ccccc2cc1S(=O)(=O)[O-].CCCCCCCc1cc2ccccc2cc1S(=O)(=O)[O-].[Ca+2]. The molecule has 0 aliphatic rings. The Morgan fingerprint density at radius 3 is 1.09 bits per heavy atom. The first-order valence-electron chi connectivity index (χ1n) is 15.0. The normalized spacial score (nSPS) is 11.6. The molecule has 0 aliphatic heterocycles. The molecule has 0 saturated heterocycles. The predicted molar refractivity (Wildman–Crippen MR) is 175 cm³/mol. The van der Waals surface area contributed by atoms with Gasteiger partial charge >= 0.3 is 37.7 Å². The molecule has 6 nitrogen and oxygen atoms in total. The zero-order valence-electron chi connectivity index (χ0n) is 25.4. The number of rotatable bonds is 14. The molecule has 0 bridgehead atoms. The van der Waals surface area contributed by atoms with Crippen molar-refractivity contribution in [3.05, 3.63) is 83.9 Å². The molecule has 0 aliphatic carbocycles. The van der Waals surface area contributed by atoms with Crippen molar-refractivity contribution in [3.8, 4) is 0 Å². The van der Waals surface area contributed by atoms with Gasteiger partial charge in [-0.1, -0.05) is 114 Å². The van der Waals surface area contributed by atoms with E-state index in [1.807, 2.05) is 60.7 Å². The van der Waals surface area contributed by atoms with Gasteiger partial charge in [0.1, 0.15) is 20.2 Å². The van der Waals surface area contributed by atoms with E-state index in [1.54, 1.807) is 0 Å². The van der Waals surface area contributed by atoms with E-state index in [0.717, 1.165) is 60.1 Å². The molecule has 4 aromatic carbocycles. The van der Waals surface area contributed by atoms with E-state index >= 15 is 0 Å². The van der Waals surface area contributed by atoms with E-state index in [2.05, 4.69) is 13.8 Å². The molecule has 0 unspecified atom stereocenters. The maximum atomic E-state index is 11.5. The Morgan fingerprint density at radius 1 is 0.488 bits per heavy atom. The smallest absolute Gasteiger partial charge is 0.744 e. The molecule has 0 amide bonds. The fourth-order valence-electron chi connectivity index (χ4n) is 5.23. The molecule has 4 rings (SSSR count). The Kier molecular flexibility index (Phi) is 16.2. The minimum atomic E-state index is -4.42. The van der Waals surface area contributed by atoms with Crippen LogP contribution in [0.2, 0.25) is 0 Å². The second kappa shape index (κ2) is 18.4. The van der Waals surface area contributed by atoms with Crippen LogP contribution in [0.3, 0.4) is 0 Å². The fraction of sp³-hybridized carbons (Fsp3) is 0.412. The summed E-state index contributed by atoms with van der Waals surface area (Å²) in [6.07, 6.45) is 12.3. The first kappa shape index (κ1) is 37.7. The summed E-state index contributed by atoms with van der Waals surface area (Å²) in [6, 6.07) is 21.8. The maximum absolute atomic E-state index is 11.5. The van der Waals surface area contributed by atoms with E-state index in [0.29, 0.717) is 24.0 Å². The van der Waals surface area contributed by atoms with Crippen LogP contribution in [0.15, 0.2) is 82.6 Å². The van der Waals surface area contributed by atoms with Gasteiger partial charge in [0, 0.05) is 0 Å². The monoisotopic (exact) mass is 650 g/mol. The predicted octanol–water partition coefficient (Wildman–Crippen LogP) is 8.13. The molecular weight excluding hydrogens is 609 g/mol. The molecule has 4 aromatic rings. The van der Waals surface area contributed by atoms with Crippen molar-refractivity contribution in [2.75, 3.05) is 0 Å². The van der Waals surface area contributed by atoms with E-state index < -0.39 is 20.2 Å². The summed E-state index contributed by atoms with van der Waals surface area (Å²) >= 11 is 0. The minimum Gasteiger partial charge on any atom is -0.744 e. The second-order valence-electron chi connectivity index (χ2n) is 10.9. The molecule has 0 N–H and O–H groups in total. The molecule has 0 radical (unpaired) electrons. The van der Waals surface area contributed by atoms with Crippen LogP contribution in [0.5, 0.6) is 0 Å². The van der Waals surface area contributed by atoms with Crippen molar-refractivity contribution in [2.45, 2.75) is 101 Å². The van der Waals surface area contributed by atoms with E-state index in [-0.39, 0.29) is 47.5 Å². The third kappa shape index (κ3) is 12.1. The summed E-state index contributed by atoms with van der Waals surface area (Å²) in [5.41, 5.74) is 1.31. The van der Waals surface area contributed by atoms with E-state index in [4.69, 9.17) is 0 Å². The number of unbranched alkanes of at least 4 members (excludes halogenated alkanes) is 8. The summed E-state index contributed by atoms with van der Waals surface area (Å²) < 4.78 is 68.9. The zero-order chi connectivity index (χ0) is 30.6. The standard InChI is InChI=1S/2C17H22O3S.Ca/c2*1-2-3-4-5-6-11-16-12-14-9-7-8-10-15(14)13-17(16)21(18,19)20;/h2*7-10,12-13H,2-6,11H2,1H3,(H,18,19,20);/q;;+2/p-2. The summed E-state index contributed by atoms with van der Waals surface area (Å²) in [4.78, 5) is -0.117. The molecule has 0 saturated carbocycles. The average molecular weight is 651 g/mol. The van der Waals surface area contributed by atoms with Crippen LogP contribution in [0.4, 0.5) is 0 Å². The molecule has 0 fully saturated rings. The number of aryl methyl sites for hydroxylation is 2. The fourth-order valence-corrected chi connectivity index (χ4v) is 6.73. The van der Waals surface area contributed by atoms with Crippen LogP contribution in [-0.4, -0.2) is 63.7 Å². The Balaban J connectivity index is 0.000000293. The van der Waals surface area contributed by atoms with Gasteiger partial charge in [0.15, 0.2) is 0 Å². The van der Waals surface area contributed by atoms with Crippen LogP contribution >= 0.6 is 0 Å². The molecular formula is C34H42CaO6S2. The summed E-state index contributed by atoms with van der Waals surface area (Å²) in [6.45, 7) is 4.32. The van der Waals surface area contributed by atoms with Crippen molar-refractivity contribution in [2.24, 2.45) is 0 Å². The van der Waals surface area contributed by atoms with Gasteiger partial charge < -0.3 is 9.11 Å².